The van der Waals surface area contributed by atoms with Gasteiger partial charge in [-0.3, -0.25) is 9.59 Å². The molecule has 186 valence electrons. The van der Waals surface area contributed by atoms with Gasteiger partial charge in [-0.1, -0.05) is 6.92 Å². The van der Waals surface area contributed by atoms with E-state index >= 15 is 0 Å². The zero-order valence-electron chi connectivity index (χ0n) is 20.1. The average molecular weight is 492 g/mol. The second-order valence-corrected chi connectivity index (χ2v) is 10.9. The summed E-state index contributed by atoms with van der Waals surface area (Å²) in [4.78, 5) is 42.3. The van der Waals surface area contributed by atoms with Crippen molar-refractivity contribution in [1.82, 2.24) is 14.0 Å². The molecule has 36 heavy (non-hydrogen) atoms. The van der Waals surface area contributed by atoms with Crippen LogP contribution in [0, 0.1) is 11.2 Å². The van der Waals surface area contributed by atoms with Crippen LogP contribution in [-0.4, -0.2) is 45.2 Å². The zero-order valence-corrected chi connectivity index (χ0v) is 20.1. The summed E-state index contributed by atoms with van der Waals surface area (Å²) in [5.74, 6) is -1.30. The van der Waals surface area contributed by atoms with E-state index in [9.17, 15) is 23.9 Å². The Morgan fingerprint density at radius 3 is 2.69 bits per heavy atom. The number of cyclic esters (lactones) is 1. The van der Waals surface area contributed by atoms with Gasteiger partial charge in [0.05, 0.1) is 40.6 Å². The summed E-state index contributed by atoms with van der Waals surface area (Å²) < 4.78 is 23.2. The largest absolute Gasteiger partial charge is 0.458 e. The Kier molecular flexibility index (Phi) is 4.22. The Morgan fingerprint density at radius 2 is 1.97 bits per heavy atom. The van der Waals surface area contributed by atoms with Gasteiger partial charge in [0.1, 0.15) is 12.4 Å². The third kappa shape index (κ3) is 2.62. The quantitative estimate of drug-likeness (QED) is 0.433. The fourth-order valence-electron chi connectivity index (χ4n) is 6.82. The first kappa shape index (κ1) is 21.9. The monoisotopic (exact) mass is 491 g/mol. The number of ether oxygens (including phenoxy) is 1. The molecular formula is C27H26FN3O5. The lowest BCUT2D eigenvalue weighted by Crippen LogP contribution is -2.44. The van der Waals surface area contributed by atoms with Crippen molar-refractivity contribution in [3.63, 3.8) is 0 Å². The van der Waals surface area contributed by atoms with Gasteiger partial charge in [-0.15, -0.1) is 0 Å². The topological polar surface area (TPSA) is 93.8 Å². The van der Waals surface area contributed by atoms with E-state index < -0.39 is 17.4 Å². The van der Waals surface area contributed by atoms with Crippen LogP contribution in [0.5, 0.6) is 0 Å². The Bertz CT molecular complexity index is 1640. The summed E-state index contributed by atoms with van der Waals surface area (Å²) in [5, 5.41) is 11.4. The minimum absolute atomic E-state index is 0.0265. The van der Waals surface area contributed by atoms with Gasteiger partial charge in [0, 0.05) is 29.5 Å². The summed E-state index contributed by atoms with van der Waals surface area (Å²) in [5.41, 5.74) is -0.0930. The lowest BCUT2D eigenvalue weighted by atomic mass is 9.85. The third-order valence-electron chi connectivity index (χ3n) is 8.86. The number of rotatable bonds is 2. The molecule has 1 aliphatic carbocycles. The highest BCUT2D eigenvalue weighted by atomic mass is 19.1. The molecule has 0 unspecified atom stereocenters. The number of fused-ring (bicyclic) bond motifs is 5. The maximum Gasteiger partial charge on any atom is 0.343 e. The highest BCUT2D eigenvalue weighted by Crippen LogP contribution is 2.59. The lowest BCUT2D eigenvalue weighted by molar-refractivity contribution is -0.172. The molecule has 0 radical (unpaired) electrons. The molecule has 0 amide bonds. The van der Waals surface area contributed by atoms with Crippen LogP contribution < -0.4 is 11.0 Å². The molecule has 2 fully saturated rings. The van der Waals surface area contributed by atoms with E-state index in [0.717, 1.165) is 31.6 Å². The van der Waals surface area contributed by atoms with Crippen molar-refractivity contribution < 1.29 is 19.0 Å². The van der Waals surface area contributed by atoms with Crippen LogP contribution in [0.3, 0.4) is 0 Å². The van der Waals surface area contributed by atoms with Crippen molar-refractivity contribution in [2.45, 2.75) is 51.0 Å². The normalized spacial score (nSPS) is 25.7. The first-order valence-electron chi connectivity index (χ1n) is 12.4. The van der Waals surface area contributed by atoms with Crippen LogP contribution in [0.1, 0.15) is 49.0 Å². The first-order valence-corrected chi connectivity index (χ1v) is 12.4. The summed E-state index contributed by atoms with van der Waals surface area (Å²) >= 11 is 0. The average Bonchev–Trinajstić information content (AvgIpc) is 3.40. The number of esters is 1. The smallest absolute Gasteiger partial charge is 0.343 e. The number of nitrogens with zero attached hydrogens (tertiary/aromatic N) is 3. The number of carbonyl (C=O) groups is 1. The number of halogens is 1. The molecule has 2 atom stereocenters. The third-order valence-corrected chi connectivity index (χ3v) is 8.86. The van der Waals surface area contributed by atoms with Crippen LogP contribution in [0.4, 0.5) is 4.39 Å². The molecule has 1 saturated carbocycles. The molecule has 9 heteroatoms. The molecule has 1 aromatic carbocycles. The van der Waals surface area contributed by atoms with E-state index in [2.05, 4.69) is 16.5 Å². The van der Waals surface area contributed by atoms with Crippen molar-refractivity contribution >= 4 is 16.9 Å². The molecule has 0 bridgehead atoms. The highest BCUT2D eigenvalue weighted by Gasteiger charge is 2.56. The second kappa shape index (κ2) is 6.92. The minimum Gasteiger partial charge on any atom is -0.458 e. The molecule has 2 aromatic heterocycles. The number of likely N-dealkylation sites (N-methyl/N-ethyl adjacent to an activating group) is 1. The molecule has 3 aromatic rings. The van der Waals surface area contributed by atoms with Gasteiger partial charge >= 0.3 is 5.97 Å². The molecule has 8 nitrogen and oxygen atoms in total. The Morgan fingerprint density at radius 1 is 1.19 bits per heavy atom. The van der Waals surface area contributed by atoms with Gasteiger partial charge in [0.15, 0.2) is 11.0 Å². The van der Waals surface area contributed by atoms with Gasteiger partial charge in [-0.05, 0) is 50.6 Å². The predicted molar refractivity (Wildman–Crippen MR) is 129 cm³/mol. The van der Waals surface area contributed by atoms with Crippen molar-refractivity contribution in [3.05, 3.63) is 67.5 Å². The number of aliphatic hydroxyl groups is 1. The number of hydrogen-bond acceptors (Lipinski definition) is 6. The van der Waals surface area contributed by atoms with E-state index in [1.165, 1.54) is 16.7 Å². The Labute approximate surface area is 205 Å². The van der Waals surface area contributed by atoms with Crippen LogP contribution in [0.25, 0.3) is 22.2 Å². The molecule has 1 N–H and O–H groups in total. The summed E-state index contributed by atoms with van der Waals surface area (Å²) in [6.45, 7) is 3.35. The minimum atomic E-state index is -1.96. The summed E-state index contributed by atoms with van der Waals surface area (Å²) in [7, 11) is 2.08. The number of aromatic nitrogens is 2. The van der Waals surface area contributed by atoms with Crippen molar-refractivity contribution in [1.29, 1.82) is 0 Å². The van der Waals surface area contributed by atoms with Crippen LogP contribution in [-0.2, 0) is 28.3 Å². The standard InChI is InChI=1S/C27H26FN3O5/c1-3-27(35)17-9-19-22-20(10-30(19)24(33)16(17)12-36-25(27)34)31(21-11-29(2)13-26(21)6-7-26)18-5-4-14(28)8-15(18)23(22)32/h4-5,8-9,21,35H,3,6-7,10-13H2,1-2H3/t21-,27+/m1/s1. The molecule has 3 aliphatic heterocycles. The summed E-state index contributed by atoms with van der Waals surface area (Å²) in [6, 6.07) is 5.99. The molecule has 4 aliphatic rings. The number of likely N-dealkylation sites (tertiary alicyclic amines) is 1. The van der Waals surface area contributed by atoms with Gasteiger partial charge in [-0.2, -0.15) is 0 Å². The molecule has 1 spiro atoms. The fraction of sp³-hybridized carbons (Fsp3) is 0.444. The van der Waals surface area contributed by atoms with E-state index in [0.29, 0.717) is 16.8 Å². The van der Waals surface area contributed by atoms with Gasteiger partial charge in [-0.25, -0.2) is 9.18 Å². The fourth-order valence-corrected chi connectivity index (χ4v) is 6.82. The van der Waals surface area contributed by atoms with Crippen LogP contribution >= 0.6 is 0 Å². The molecule has 7 rings (SSSR count). The van der Waals surface area contributed by atoms with Crippen molar-refractivity contribution in [3.8, 4) is 11.3 Å². The maximum absolute atomic E-state index is 14.4. The van der Waals surface area contributed by atoms with Crippen LogP contribution in [0.2, 0.25) is 0 Å². The van der Waals surface area contributed by atoms with E-state index in [1.54, 1.807) is 19.1 Å². The van der Waals surface area contributed by atoms with E-state index in [1.807, 2.05) is 0 Å². The van der Waals surface area contributed by atoms with E-state index in [-0.39, 0.29) is 58.5 Å². The Balaban J connectivity index is 1.56. The number of benzene rings is 1. The molecule has 1 saturated heterocycles. The lowest BCUT2D eigenvalue weighted by Gasteiger charge is -2.31. The van der Waals surface area contributed by atoms with Crippen LogP contribution in [0.15, 0.2) is 33.9 Å². The van der Waals surface area contributed by atoms with Gasteiger partial charge < -0.3 is 23.9 Å². The van der Waals surface area contributed by atoms with Gasteiger partial charge in [0.25, 0.3) is 5.56 Å². The van der Waals surface area contributed by atoms with Crippen molar-refractivity contribution in [2.75, 3.05) is 20.1 Å². The van der Waals surface area contributed by atoms with E-state index in [4.69, 9.17) is 4.74 Å². The molecule has 5 heterocycles. The first-order chi connectivity index (χ1) is 17.2. The number of carbonyl (C=O) groups excluding carboxylic acids is 1. The predicted octanol–water partition coefficient (Wildman–Crippen LogP) is 2.25. The number of hydrogen-bond donors (Lipinski definition) is 1. The maximum atomic E-state index is 14.4. The highest BCUT2D eigenvalue weighted by molar-refractivity contribution is 5.88. The Hall–Kier alpha value is -3.30. The summed E-state index contributed by atoms with van der Waals surface area (Å²) in [6.07, 6.45) is 2.18. The SMILES string of the molecule is CC[C@@]1(O)C(=O)OCc2c1cc1n(c2=O)Cc2c-1c(=O)c1cc(F)ccc1n2[C@@H]1CN(C)CC12CC2. The van der Waals surface area contributed by atoms with Gasteiger partial charge in [0.2, 0.25) is 0 Å². The second-order valence-electron chi connectivity index (χ2n) is 10.9. The molecular weight excluding hydrogens is 465 g/mol. The van der Waals surface area contributed by atoms with Crippen molar-refractivity contribution in [2.24, 2.45) is 5.41 Å². The number of pyridine rings is 2. The zero-order chi connectivity index (χ0) is 25.1.